The molecule has 1 aromatic carbocycles. The highest BCUT2D eigenvalue weighted by Gasteiger charge is 2.09. The van der Waals surface area contributed by atoms with Crippen molar-refractivity contribution >= 4 is 44.3 Å². The lowest BCUT2D eigenvalue weighted by Crippen LogP contribution is -2.02. The third-order valence-electron chi connectivity index (χ3n) is 4.10. The van der Waals surface area contributed by atoms with Crippen molar-refractivity contribution in [1.29, 1.82) is 5.26 Å². The minimum atomic E-state index is -0.148. The molecule has 0 spiro atoms. The van der Waals surface area contributed by atoms with Crippen LogP contribution in [0.5, 0.6) is 0 Å². The molecule has 0 aliphatic carbocycles. The van der Waals surface area contributed by atoms with E-state index in [2.05, 4.69) is 51.4 Å². The van der Waals surface area contributed by atoms with Gasteiger partial charge in [-0.2, -0.15) is 5.26 Å². The zero-order chi connectivity index (χ0) is 22.5. The average Bonchev–Trinajstić information content (AvgIpc) is 3.27. The second-order valence-corrected chi connectivity index (χ2v) is 8.57. The van der Waals surface area contributed by atoms with Crippen LogP contribution in [-0.4, -0.2) is 11.5 Å². The molecule has 1 heterocycles. The van der Waals surface area contributed by atoms with Crippen LogP contribution in [-0.2, 0) is 11.2 Å². The summed E-state index contributed by atoms with van der Waals surface area (Å²) < 4.78 is 0.649. The fourth-order valence-corrected chi connectivity index (χ4v) is 3.50. The second-order valence-electron chi connectivity index (χ2n) is 6.35. The summed E-state index contributed by atoms with van der Waals surface area (Å²) in [5.74, 6) is -0.148. The average molecular weight is 500 g/mol. The number of rotatable bonds is 6. The van der Waals surface area contributed by atoms with Crippen molar-refractivity contribution < 1.29 is 4.79 Å². The largest absolute Gasteiger partial charge is 0.293 e. The number of hydrogen-bond donors (Lipinski definition) is 0. The van der Waals surface area contributed by atoms with E-state index in [9.17, 15) is 10.1 Å². The van der Waals surface area contributed by atoms with Crippen LogP contribution < -0.4 is 0 Å². The van der Waals surface area contributed by atoms with Crippen LogP contribution in [0.2, 0.25) is 0 Å². The Balaban J connectivity index is 0.000000950. The van der Waals surface area contributed by atoms with E-state index in [-0.39, 0.29) is 13.2 Å². The lowest BCUT2D eigenvalue weighted by atomic mass is 10.0. The zero-order valence-electron chi connectivity index (χ0n) is 18.1. The summed E-state index contributed by atoms with van der Waals surface area (Å²) in [6.45, 7) is 9.03. The van der Waals surface area contributed by atoms with Gasteiger partial charge in [0.05, 0.1) is 11.3 Å². The van der Waals surface area contributed by atoms with Gasteiger partial charge in [-0.1, -0.05) is 72.8 Å². The maximum atomic E-state index is 11.6. The number of hydrogen-bond acceptors (Lipinski definition) is 4. The summed E-state index contributed by atoms with van der Waals surface area (Å²) in [5, 5.41) is 11.5. The second kappa shape index (κ2) is 15.3. The third kappa shape index (κ3) is 9.87. The number of Topliss-reactive ketones (excluding diaryl/α,β-unsaturated/α-hetero) is 1. The molecule has 1 aromatic heterocycles. The van der Waals surface area contributed by atoms with E-state index in [4.69, 9.17) is 0 Å². The van der Waals surface area contributed by atoms with E-state index in [1.165, 1.54) is 18.2 Å². The standard InChI is InChI=1S/C19H19BrN2O.C6H8S.CH4/c1-5-16(17-9-7-6-8-10-17)11-18(12-21)14(3)22-19(13(2)20)15(4)23;1-2-6-4-3-5-7-6;/h5-11H,1-4H3;3-5H,2H2,1H3;1H4/b16-5+,18-11-,19-13+,22-14+;;. The number of benzene rings is 1. The highest BCUT2D eigenvalue weighted by Crippen LogP contribution is 2.19. The molecule has 0 aliphatic heterocycles. The molecule has 0 saturated carbocycles. The van der Waals surface area contributed by atoms with E-state index in [0.29, 0.717) is 21.5 Å². The first-order valence-corrected chi connectivity index (χ1v) is 11.3. The number of thiophene rings is 1. The molecule has 2 rings (SSSR count). The van der Waals surface area contributed by atoms with Crippen LogP contribution in [0.25, 0.3) is 5.57 Å². The van der Waals surface area contributed by atoms with E-state index >= 15 is 0 Å². The van der Waals surface area contributed by atoms with Crippen molar-refractivity contribution in [3.63, 3.8) is 0 Å². The van der Waals surface area contributed by atoms with Gasteiger partial charge >= 0.3 is 0 Å². The molecule has 3 nitrogen and oxygen atoms in total. The highest BCUT2D eigenvalue weighted by molar-refractivity contribution is 9.11. The topological polar surface area (TPSA) is 53.2 Å². The molecular weight excluding hydrogens is 468 g/mol. The van der Waals surface area contributed by atoms with Crippen LogP contribution in [0.15, 0.2) is 80.7 Å². The molecule has 0 amide bonds. The maximum absolute atomic E-state index is 11.6. The van der Waals surface area contributed by atoms with Gasteiger partial charge in [0, 0.05) is 16.3 Å². The predicted molar refractivity (Wildman–Crippen MR) is 140 cm³/mol. The van der Waals surface area contributed by atoms with Gasteiger partial charge in [0.1, 0.15) is 11.8 Å². The van der Waals surface area contributed by atoms with E-state index < -0.39 is 0 Å². The summed E-state index contributed by atoms with van der Waals surface area (Å²) in [5.41, 5.74) is 3.21. The maximum Gasteiger partial charge on any atom is 0.178 e. The van der Waals surface area contributed by atoms with Crippen LogP contribution >= 0.6 is 27.3 Å². The molecule has 0 N–H and O–H groups in total. The normalized spacial score (nSPS) is 12.6. The molecule has 0 radical (unpaired) electrons. The molecule has 0 aliphatic rings. The van der Waals surface area contributed by atoms with Crippen molar-refractivity contribution in [3.05, 3.63) is 86.2 Å². The van der Waals surface area contributed by atoms with Crippen molar-refractivity contribution in [3.8, 4) is 6.07 Å². The van der Waals surface area contributed by atoms with Crippen LogP contribution in [0, 0.1) is 11.3 Å². The Morgan fingerprint density at radius 1 is 1.16 bits per heavy atom. The lowest BCUT2D eigenvalue weighted by molar-refractivity contribution is -0.113. The Morgan fingerprint density at radius 2 is 1.81 bits per heavy atom. The molecule has 0 bridgehead atoms. The van der Waals surface area contributed by atoms with Gasteiger partial charge in [0.15, 0.2) is 5.78 Å². The number of aryl methyl sites for hydroxylation is 1. The Morgan fingerprint density at radius 3 is 2.19 bits per heavy atom. The van der Waals surface area contributed by atoms with Crippen molar-refractivity contribution in [2.24, 2.45) is 4.99 Å². The summed E-state index contributed by atoms with van der Waals surface area (Å²) >= 11 is 5.10. The Hall–Kier alpha value is -2.55. The molecule has 0 saturated heterocycles. The predicted octanol–water partition coefficient (Wildman–Crippen LogP) is 8.16. The van der Waals surface area contributed by atoms with E-state index in [1.807, 2.05) is 54.7 Å². The molecule has 0 atom stereocenters. The fraction of sp³-hybridized carbons (Fsp3) is 0.269. The van der Waals surface area contributed by atoms with Crippen molar-refractivity contribution in [2.75, 3.05) is 0 Å². The quantitative estimate of drug-likeness (QED) is 0.174. The molecule has 2 aromatic rings. The van der Waals surface area contributed by atoms with E-state index in [1.54, 1.807) is 19.9 Å². The van der Waals surface area contributed by atoms with Gasteiger partial charge in [-0.05, 0) is 55.9 Å². The first-order chi connectivity index (χ1) is 14.3. The number of ketones is 1. The number of aliphatic imine (C=N–C) groups is 1. The molecule has 0 fully saturated rings. The van der Waals surface area contributed by atoms with Gasteiger partial charge in [0.25, 0.3) is 0 Å². The molecule has 5 heteroatoms. The number of nitrogens with zero attached hydrogens (tertiary/aromatic N) is 2. The summed E-state index contributed by atoms with van der Waals surface area (Å²) in [4.78, 5) is 17.4. The van der Waals surface area contributed by atoms with Gasteiger partial charge < -0.3 is 0 Å². The summed E-state index contributed by atoms with van der Waals surface area (Å²) in [7, 11) is 0. The molecule has 0 unspecified atom stereocenters. The Kier molecular flexibility index (Phi) is 14.0. The third-order valence-corrected chi connectivity index (χ3v) is 5.49. The SMILES string of the molecule is C.CCc1cccs1.C\C=C(/C=C(C#N)\C(C)=N\C(C(C)=O)=C(/C)Br)c1ccccc1. The summed E-state index contributed by atoms with van der Waals surface area (Å²) in [6.07, 6.45) is 4.91. The minimum absolute atomic E-state index is 0. The highest BCUT2D eigenvalue weighted by atomic mass is 79.9. The molecule has 164 valence electrons. The number of carbonyl (C=O) groups excluding carboxylic acids is 1. The number of carbonyl (C=O) groups is 1. The number of allylic oxidation sites excluding steroid dienone is 6. The monoisotopic (exact) mass is 498 g/mol. The van der Waals surface area contributed by atoms with Crippen molar-refractivity contribution in [1.82, 2.24) is 0 Å². The van der Waals surface area contributed by atoms with Crippen molar-refractivity contribution in [2.45, 2.75) is 48.5 Å². The molecular formula is C26H31BrN2OS. The number of halogens is 1. The van der Waals surface area contributed by atoms with Crippen LogP contribution in [0.3, 0.4) is 0 Å². The lowest BCUT2D eigenvalue weighted by Gasteiger charge is -2.05. The smallest absolute Gasteiger partial charge is 0.178 e. The fourth-order valence-electron chi connectivity index (χ4n) is 2.48. The zero-order valence-corrected chi connectivity index (χ0v) is 20.5. The van der Waals surface area contributed by atoms with Gasteiger partial charge in [-0.3, -0.25) is 4.79 Å². The first-order valence-electron chi connectivity index (χ1n) is 9.62. The van der Waals surface area contributed by atoms with Gasteiger partial charge in [-0.25, -0.2) is 4.99 Å². The minimum Gasteiger partial charge on any atom is -0.293 e. The van der Waals surface area contributed by atoms with Crippen LogP contribution in [0.4, 0.5) is 0 Å². The Labute approximate surface area is 199 Å². The number of nitriles is 1. The van der Waals surface area contributed by atoms with E-state index in [0.717, 1.165) is 11.1 Å². The van der Waals surface area contributed by atoms with Crippen LogP contribution in [0.1, 0.15) is 52.5 Å². The van der Waals surface area contributed by atoms with Gasteiger partial charge in [-0.15, -0.1) is 11.3 Å². The molecule has 31 heavy (non-hydrogen) atoms. The Bertz CT molecular complexity index is 988. The summed E-state index contributed by atoms with van der Waals surface area (Å²) in [6, 6.07) is 16.2. The first kappa shape index (κ1) is 28.5. The van der Waals surface area contributed by atoms with Gasteiger partial charge in [0.2, 0.25) is 0 Å².